The normalized spacial score (nSPS) is 17.5. The Kier molecular flexibility index (Phi) is 5.63. The van der Waals surface area contributed by atoms with E-state index in [1.807, 2.05) is 62.4 Å². The van der Waals surface area contributed by atoms with Gasteiger partial charge >= 0.3 is 5.91 Å². The number of anilines is 1. The van der Waals surface area contributed by atoms with Crippen LogP contribution in [0.3, 0.4) is 0 Å². The van der Waals surface area contributed by atoms with Crippen LogP contribution in [0.4, 0.5) is 5.13 Å². The number of fused-ring (bicyclic) bond motifs is 1. The quantitative estimate of drug-likeness (QED) is 0.232. The van der Waals surface area contributed by atoms with Gasteiger partial charge in [0.2, 0.25) is 0 Å². The Labute approximate surface area is 200 Å². The lowest BCUT2D eigenvalue weighted by Gasteiger charge is -2.22. The zero-order valence-corrected chi connectivity index (χ0v) is 19.5. The monoisotopic (exact) mass is 470 g/mol. The molecule has 6 nitrogen and oxygen atoms in total. The average molecular weight is 471 g/mol. The van der Waals surface area contributed by atoms with E-state index >= 15 is 0 Å². The summed E-state index contributed by atoms with van der Waals surface area (Å²) in [5, 5.41) is 11.6. The first kappa shape index (κ1) is 21.9. The Morgan fingerprint density at radius 3 is 2.50 bits per heavy atom. The molecule has 0 saturated carbocycles. The molecule has 4 aromatic rings. The van der Waals surface area contributed by atoms with E-state index in [-0.39, 0.29) is 11.3 Å². The molecule has 1 amide bonds. The van der Waals surface area contributed by atoms with Crippen molar-refractivity contribution in [1.82, 2.24) is 4.98 Å². The van der Waals surface area contributed by atoms with Gasteiger partial charge in [-0.1, -0.05) is 47.7 Å². The van der Waals surface area contributed by atoms with Gasteiger partial charge in [-0.15, -0.1) is 0 Å². The summed E-state index contributed by atoms with van der Waals surface area (Å²) in [6, 6.07) is 21.1. The number of nitrogens with zero attached hydrogens (tertiary/aromatic N) is 2. The van der Waals surface area contributed by atoms with Gasteiger partial charge in [0.25, 0.3) is 5.78 Å². The second-order valence-corrected chi connectivity index (χ2v) is 9.01. The Morgan fingerprint density at radius 1 is 1.06 bits per heavy atom. The van der Waals surface area contributed by atoms with Crippen molar-refractivity contribution < 1.29 is 19.4 Å². The van der Waals surface area contributed by atoms with E-state index < -0.39 is 17.7 Å². The van der Waals surface area contributed by atoms with E-state index in [4.69, 9.17) is 4.74 Å². The summed E-state index contributed by atoms with van der Waals surface area (Å²) in [7, 11) is 0. The van der Waals surface area contributed by atoms with Crippen LogP contribution in [0.25, 0.3) is 16.0 Å². The molecule has 1 aliphatic rings. The van der Waals surface area contributed by atoms with E-state index in [9.17, 15) is 14.7 Å². The van der Waals surface area contributed by atoms with E-state index in [0.29, 0.717) is 28.6 Å². The maximum absolute atomic E-state index is 13.3. The number of carbonyl (C=O) groups excluding carboxylic acids is 2. The summed E-state index contributed by atoms with van der Waals surface area (Å²) in [5.41, 5.74) is 3.02. The van der Waals surface area contributed by atoms with Crippen molar-refractivity contribution in [1.29, 1.82) is 0 Å². The number of aromatic nitrogens is 1. The third-order valence-corrected chi connectivity index (χ3v) is 6.75. The molecule has 0 aliphatic carbocycles. The second-order valence-electron chi connectivity index (χ2n) is 8.00. The lowest BCUT2D eigenvalue weighted by molar-refractivity contribution is -0.132. The largest absolute Gasteiger partial charge is 0.507 e. The number of ketones is 1. The predicted molar refractivity (Wildman–Crippen MR) is 133 cm³/mol. The number of thiazole rings is 1. The number of Topliss-reactive ketones (excluding diaryl/α,β-unsaturated/α-hetero) is 1. The zero-order chi connectivity index (χ0) is 23.8. The number of amides is 1. The maximum Gasteiger partial charge on any atom is 0.301 e. The summed E-state index contributed by atoms with van der Waals surface area (Å²) in [5.74, 6) is -1.02. The van der Waals surface area contributed by atoms with Gasteiger partial charge in [-0.25, -0.2) is 4.98 Å². The van der Waals surface area contributed by atoms with Crippen molar-refractivity contribution >= 4 is 44.1 Å². The molecular weight excluding hydrogens is 448 g/mol. The third-order valence-electron chi connectivity index (χ3n) is 5.74. The molecule has 34 heavy (non-hydrogen) atoms. The highest BCUT2D eigenvalue weighted by atomic mass is 32.1. The van der Waals surface area contributed by atoms with Gasteiger partial charge in [-0.3, -0.25) is 14.5 Å². The van der Waals surface area contributed by atoms with Crippen molar-refractivity contribution in [3.63, 3.8) is 0 Å². The van der Waals surface area contributed by atoms with Crippen LogP contribution in [0.15, 0.2) is 78.4 Å². The van der Waals surface area contributed by atoms with Crippen molar-refractivity contribution in [3.05, 3.63) is 95.1 Å². The van der Waals surface area contributed by atoms with Gasteiger partial charge < -0.3 is 9.84 Å². The molecule has 7 heteroatoms. The van der Waals surface area contributed by atoms with Crippen LogP contribution < -0.4 is 9.64 Å². The first-order chi connectivity index (χ1) is 16.5. The Bertz CT molecular complexity index is 1420. The number of aliphatic hydroxyl groups is 1. The SMILES string of the molecule is CCOc1ccc(/C(O)=C2\C(=O)C(=O)N(c3nc4ccc(C)cc4s3)[C@H]2c2ccccc2)cc1. The molecular formula is C27H22N2O4S. The lowest BCUT2D eigenvalue weighted by Crippen LogP contribution is -2.29. The van der Waals surface area contributed by atoms with Crippen LogP contribution in [0, 0.1) is 6.92 Å². The average Bonchev–Trinajstić information content (AvgIpc) is 3.37. The molecule has 1 atom stereocenters. The maximum atomic E-state index is 13.3. The smallest absolute Gasteiger partial charge is 0.301 e. The number of ether oxygens (including phenoxy) is 1. The van der Waals surface area contributed by atoms with E-state index in [1.54, 1.807) is 24.3 Å². The van der Waals surface area contributed by atoms with Gasteiger partial charge in [0.15, 0.2) is 5.13 Å². The molecule has 0 unspecified atom stereocenters. The third kappa shape index (κ3) is 3.74. The molecule has 1 aliphatic heterocycles. The summed E-state index contributed by atoms with van der Waals surface area (Å²) in [4.78, 5) is 32.6. The van der Waals surface area contributed by atoms with Gasteiger partial charge in [0.1, 0.15) is 11.5 Å². The van der Waals surface area contributed by atoms with Crippen molar-refractivity contribution in [2.24, 2.45) is 0 Å². The van der Waals surface area contributed by atoms with Gasteiger partial charge in [-0.2, -0.15) is 0 Å². The number of benzene rings is 3. The lowest BCUT2D eigenvalue weighted by atomic mass is 9.95. The Hall–Kier alpha value is -3.97. The molecule has 5 rings (SSSR count). The molecule has 1 N–H and O–H groups in total. The summed E-state index contributed by atoms with van der Waals surface area (Å²) >= 11 is 1.35. The molecule has 0 radical (unpaired) electrons. The molecule has 2 heterocycles. The number of rotatable bonds is 5. The number of hydrogen-bond donors (Lipinski definition) is 1. The van der Waals surface area contributed by atoms with E-state index in [2.05, 4.69) is 4.98 Å². The van der Waals surface area contributed by atoms with Crippen molar-refractivity contribution in [3.8, 4) is 5.75 Å². The molecule has 0 bridgehead atoms. The van der Waals surface area contributed by atoms with Crippen molar-refractivity contribution in [2.45, 2.75) is 19.9 Å². The molecule has 1 fully saturated rings. The molecule has 0 spiro atoms. The summed E-state index contributed by atoms with van der Waals surface area (Å²) in [6.07, 6.45) is 0. The highest BCUT2D eigenvalue weighted by Crippen LogP contribution is 2.44. The van der Waals surface area contributed by atoms with Crippen LogP contribution in [0.2, 0.25) is 0 Å². The summed E-state index contributed by atoms with van der Waals surface area (Å²) < 4.78 is 6.40. The van der Waals surface area contributed by atoms with Crippen LogP contribution in [-0.4, -0.2) is 28.4 Å². The number of hydrogen-bond acceptors (Lipinski definition) is 6. The Morgan fingerprint density at radius 2 is 1.79 bits per heavy atom. The second kappa shape index (κ2) is 8.76. The van der Waals surface area contributed by atoms with E-state index in [1.165, 1.54) is 16.2 Å². The molecule has 3 aromatic carbocycles. The van der Waals surface area contributed by atoms with Crippen LogP contribution in [0.1, 0.15) is 29.7 Å². The fourth-order valence-electron chi connectivity index (χ4n) is 4.13. The van der Waals surface area contributed by atoms with Gasteiger partial charge in [0.05, 0.1) is 28.4 Å². The fraction of sp³-hybridized carbons (Fsp3) is 0.148. The first-order valence-electron chi connectivity index (χ1n) is 10.9. The number of carbonyl (C=O) groups is 2. The van der Waals surface area contributed by atoms with Crippen LogP contribution in [-0.2, 0) is 9.59 Å². The highest BCUT2D eigenvalue weighted by Gasteiger charge is 2.48. The number of aliphatic hydroxyl groups excluding tert-OH is 1. The first-order valence-corrected chi connectivity index (χ1v) is 11.8. The molecule has 170 valence electrons. The van der Waals surface area contributed by atoms with Crippen LogP contribution in [0.5, 0.6) is 5.75 Å². The highest BCUT2D eigenvalue weighted by molar-refractivity contribution is 7.22. The number of aryl methyl sites for hydroxylation is 1. The van der Waals surface area contributed by atoms with E-state index in [0.717, 1.165) is 15.8 Å². The standard InChI is InChI=1S/C27H22N2O4S/c1-3-33-19-12-10-18(11-13-19)24(30)22-23(17-7-5-4-6-8-17)29(26(32)25(22)31)27-28-20-14-9-16(2)15-21(20)34-27/h4-15,23,30H,3H2,1-2H3/b24-22+/t23-/m0/s1. The zero-order valence-electron chi connectivity index (χ0n) is 18.7. The topological polar surface area (TPSA) is 79.7 Å². The minimum absolute atomic E-state index is 0.0378. The van der Waals surface area contributed by atoms with Crippen LogP contribution >= 0.6 is 11.3 Å². The fourth-order valence-corrected chi connectivity index (χ4v) is 5.22. The molecule has 1 aromatic heterocycles. The minimum atomic E-state index is -0.797. The summed E-state index contributed by atoms with van der Waals surface area (Å²) in [6.45, 7) is 4.40. The van der Waals surface area contributed by atoms with Crippen molar-refractivity contribution in [2.75, 3.05) is 11.5 Å². The van der Waals surface area contributed by atoms with Gasteiger partial charge in [-0.05, 0) is 61.4 Å². The minimum Gasteiger partial charge on any atom is -0.507 e. The Balaban J connectivity index is 1.67. The predicted octanol–water partition coefficient (Wildman–Crippen LogP) is 5.63. The van der Waals surface area contributed by atoms with Gasteiger partial charge in [0, 0.05) is 5.56 Å². The molecule has 1 saturated heterocycles.